The fraction of sp³-hybridized carbons (Fsp3) is 0.833. The van der Waals surface area contributed by atoms with Gasteiger partial charge in [0.05, 0.1) is 13.2 Å². The van der Waals surface area contributed by atoms with Crippen molar-refractivity contribution in [3.05, 3.63) is 0 Å². The van der Waals surface area contributed by atoms with E-state index < -0.39 is 0 Å². The Balaban J connectivity index is 2.55. The molecule has 6 heteroatoms. The van der Waals surface area contributed by atoms with Crippen LogP contribution in [0.1, 0.15) is 25.7 Å². The van der Waals surface area contributed by atoms with E-state index in [1.165, 1.54) is 0 Å². The third-order valence-electron chi connectivity index (χ3n) is 3.20. The molecule has 1 fully saturated rings. The highest BCUT2D eigenvalue weighted by atomic mass is 16.5. The molecule has 1 aliphatic carbocycles. The maximum atomic E-state index is 11.9. The summed E-state index contributed by atoms with van der Waals surface area (Å²) >= 11 is 0. The first-order valence-corrected chi connectivity index (χ1v) is 6.41. The van der Waals surface area contributed by atoms with Crippen molar-refractivity contribution in [2.75, 3.05) is 26.4 Å². The SMILES string of the molecule is N=C(OCCO)C1CCCCC1C(=O)NCCO. The molecule has 0 saturated heterocycles. The third kappa shape index (κ3) is 4.27. The van der Waals surface area contributed by atoms with Crippen molar-refractivity contribution in [3.8, 4) is 0 Å². The number of carbonyl (C=O) groups excluding carboxylic acids is 1. The molecule has 2 atom stereocenters. The number of rotatable bonds is 6. The lowest BCUT2D eigenvalue weighted by atomic mass is 9.78. The summed E-state index contributed by atoms with van der Waals surface area (Å²) in [6.07, 6.45) is 3.47. The molecule has 1 rings (SSSR count). The van der Waals surface area contributed by atoms with Crippen LogP contribution >= 0.6 is 0 Å². The average Bonchev–Trinajstić information content (AvgIpc) is 2.42. The minimum atomic E-state index is -0.253. The Hall–Kier alpha value is -1.14. The maximum absolute atomic E-state index is 11.9. The molecular formula is C12H22N2O4. The van der Waals surface area contributed by atoms with Gasteiger partial charge in [0.25, 0.3) is 0 Å². The number of ether oxygens (including phenoxy) is 1. The van der Waals surface area contributed by atoms with Crippen LogP contribution in [-0.4, -0.2) is 48.4 Å². The Morgan fingerprint density at radius 1 is 1.22 bits per heavy atom. The number of nitrogens with one attached hydrogen (secondary N) is 2. The molecule has 0 bridgehead atoms. The summed E-state index contributed by atoms with van der Waals surface area (Å²) in [6.45, 7) is 0.130. The number of aliphatic hydroxyl groups is 2. The summed E-state index contributed by atoms with van der Waals surface area (Å²) in [7, 11) is 0. The zero-order valence-electron chi connectivity index (χ0n) is 10.5. The molecule has 1 amide bonds. The number of hydrogen-bond donors (Lipinski definition) is 4. The molecule has 1 aliphatic rings. The van der Waals surface area contributed by atoms with E-state index in [2.05, 4.69) is 5.32 Å². The van der Waals surface area contributed by atoms with Crippen molar-refractivity contribution in [3.63, 3.8) is 0 Å². The fourth-order valence-corrected chi connectivity index (χ4v) is 2.33. The van der Waals surface area contributed by atoms with E-state index in [9.17, 15) is 4.79 Å². The summed E-state index contributed by atoms with van der Waals surface area (Å²) in [6, 6.07) is 0. The lowest BCUT2D eigenvalue weighted by Gasteiger charge is -2.30. The molecule has 4 N–H and O–H groups in total. The average molecular weight is 258 g/mol. The molecule has 6 nitrogen and oxygen atoms in total. The summed E-state index contributed by atoms with van der Waals surface area (Å²) in [5.74, 6) is -0.487. The van der Waals surface area contributed by atoms with Crippen molar-refractivity contribution in [1.29, 1.82) is 5.41 Å². The molecule has 1 saturated carbocycles. The zero-order chi connectivity index (χ0) is 13.4. The van der Waals surface area contributed by atoms with E-state index in [4.69, 9.17) is 20.4 Å². The van der Waals surface area contributed by atoms with Crippen LogP contribution in [0.2, 0.25) is 0 Å². The van der Waals surface area contributed by atoms with E-state index in [0.29, 0.717) is 0 Å². The van der Waals surface area contributed by atoms with Gasteiger partial charge in [-0.1, -0.05) is 12.8 Å². The van der Waals surface area contributed by atoms with E-state index in [0.717, 1.165) is 25.7 Å². The van der Waals surface area contributed by atoms with Crippen LogP contribution < -0.4 is 5.32 Å². The predicted molar refractivity (Wildman–Crippen MR) is 66.3 cm³/mol. The van der Waals surface area contributed by atoms with Gasteiger partial charge in [-0.05, 0) is 12.8 Å². The quantitative estimate of drug-likeness (QED) is 0.394. The van der Waals surface area contributed by atoms with Crippen molar-refractivity contribution >= 4 is 11.8 Å². The standard InChI is InChI=1S/C12H22N2O4/c13-11(18-8-7-16)9-3-1-2-4-10(9)12(17)14-5-6-15/h9-10,13,15-16H,1-8H2,(H,14,17). The summed E-state index contributed by atoms with van der Waals surface area (Å²) in [5.41, 5.74) is 0. The highest BCUT2D eigenvalue weighted by molar-refractivity contribution is 5.86. The monoisotopic (exact) mass is 258 g/mol. The molecule has 0 radical (unpaired) electrons. The first-order chi connectivity index (χ1) is 8.70. The summed E-state index contributed by atoms with van der Waals surface area (Å²) in [4.78, 5) is 11.9. The first-order valence-electron chi connectivity index (χ1n) is 6.41. The zero-order valence-corrected chi connectivity index (χ0v) is 10.5. The smallest absolute Gasteiger partial charge is 0.223 e. The van der Waals surface area contributed by atoms with Crippen LogP contribution in [0.15, 0.2) is 0 Å². The Kier molecular flexibility index (Phi) is 6.67. The van der Waals surface area contributed by atoms with Gasteiger partial charge in [0.15, 0.2) is 5.90 Å². The van der Waals surface area contributed by atoms with Gasteiger partial charge < -0.3 is 20.3 Å². The fourth-order valence-electron chi connectivity index (χ4n) is 2.33. The van der Waals surface area contributed by atoms with Gasteiger partial charge in [0, 0.05) is 18.4 Å². The Morgan fingerprint density at radius 2 is 1.89 bits per heavy atom. The second-order valence-electron chi connectivity index (χ2n) is 4.45. The number of aliphatic hydroxyl groups excluding tert-OH is 2. The Morgan fingerprint density at radius 3 is 2.50 bits per heavy atom. The van der Waals surface area contributed by atoms with Crippen LogP contribution in [-0.2, 0) is 9.53 Å². The van der Waals surface area contributed by atoms with Crippen LogP contribution in [0, 0.1) is 17.2 Å². The Bertz CT molecular complexity index is 255. The molecule has 0 aromatic heterocycles. The Labute approximate surface area is 107 Å². The molecule has 0 spiro atoms. The number of hydrogen-bond acceptors (Lipinski definition) is 5. The van der Waals surface area contributed by atoms with E-state index in [-0.39, 0.29) is 50.0 Å². The summed E-state index contributed by atoms with van der Waals surface area (Å²) < 4.78 is 5.12. The van der Waals surface area contributed by atoms with Gasteiger partial charge in [0.2, 0.25) is 5.91 Å². The third-order valence-corrected chi connectivity index (χ3v) is 3.20. The minimum Gasteiger partial charge on any atom is -0.478 e. The molecule has 0 heterocycles. The molecule has 0 aliphatic heterocycles. The van der Waals surface area contributed by atoms with Crippen molar-refractivity contribution in [1.82, 2.24) is 5.32 Å². The lowest BCUT2D eigenvalue weighted by molar-refractivity contribution is -0.127. The molecule has 0 aromatic carbocycles. The second-order valence-corrected chi connectivity index (χ2v) is 4.45. The topological polar surface area (TPSA) is 103 Å². The van der Waals surface area contributed by atoms with Crippen LogP contribution in [0.5, 0.6) is 0 Å². The largest absolute Gasteiger partial charge is 0.478 e. The second kappa shape index (κ2) is 8.05. The van der Waals surface area contributed by atoms with Gasteiger partial charge >= 0.3 is 0 Å². The highest BCUT2D eigenvalue weighted by Gasteiger charge is 2.34. The van der Waals surface area contributed by atoms with E-state index in [1.807, 2.05) is 0 Å². The molecular weight excluding hydrogens is 236 g/mol. The van der Waals surface area contributed by atoms with Crippen molar-refractivity contribution < 1.29 is 19.7 Å². The maximum Gasteiger partial charge on any atom is 0.223 e. The molecule has 104 valence electrons. The van der Waals surface area contributed by atoms with Crippen LogP contribution in [0.25, 0.3) is 0 Å². The van der Waals surface area contributed by atoms with Gasteiger partial charge in [0.1, 0.15) is 6.61 Å². The number of amides is 1. The van der Waals surface area contributed by atoms with Crippen molar-refractivity contribution in [2.45, 2.75) is 25.7 Å². The van der Waals surface area contributed by atoms with Gasteiger partial charge in [-0.15, -0.1) is 0 Å². The summed E-state index contributed by atoms with van der Waals surface area (Å²) in [5, 5.41) is 27.8. The van der Waals surface area contributed by atoms with E-state index >= 15 is 0 Å². The molecule has 2 unspecified atom stereocenters. The minimum absolute atomic E-state index is 0.0818. The molecule has 18 heavy (non-hydrogen) atoms. The van der Waals surface area contributed by atoms with Crippen LogP contribution in [0.3, 0.4) is 0 Å². The predicted octanol–water partition coefficient (Wildman–Crippen LogP) is -0.113. The normalized spacial score (nSPS) is 23.4. The lowest BCUT2D eigenvalue weighted by Crippen LogP contribution is -2.41. The van der Waals surface area contributed by atoms with Gasteiger partial charge in [-0.2, -0.15) is 0 Å². The van der Waals surface area contributed by atoms with Gasteiger partial charge in [-0.3, -0.25) is 10.2 Å². The van der Waals surface area contributed by atoms with E-state index in [1.54, 1.807) is 0 Å². The first kappa shape index (κ1) is 14.9. The van der Waals surface area contributed by atoms with Gasteiger partial charge in [-0.25, -0.2) is 0 Å². The van der Waals surface area contributed by atoms with Crippen molar-refractivity contribution in [2.24, 2.45) is 11.8 Å². The van der Waals surface area contributed by atoms with Crippen LogP contribution in [0.4, 0.5) is 0 Å². The highest BCUT2D eigenvalue weighted by Crippen LogP contribution is 2.31. The number of carbonyl (C=O) groups is 1. The molecule has 0 aromatic rings.